The second-order valence-electron chi connectivity index (χ2n) is 5.74. The molecule has 21 heavy (non-hydrogen) atoms. The smallest absolute Gasteiger partial charge is 0.288 e. The molecule has 0 aromatic carbocycles. The van der Waals surface area contributed by atoms with Crippen LogP contribution in [0, 0.1) is 17.7 Å². The van der Waals surface area contributed by atoms with Gasteiger partial charge in [-0.2, -0.15) is 0 Å². The molecule has 1 saturated heterocycles. The maximum absolute atomic E-state index is 5.60. The van der Waals surface area contributed by atoms with Crippen molar-refractivity contribution >= 4 is 23.6 Å². The minimum Gasteiger partial charge on any atom is -0.414 e. The van der Waals surface area contributed by atoms with Gasteiger partial charge in [-0.15, -0.1) is 16.4 Å². The van der Waals surface area contributed by atoms with Gasteiger partial charge in [0.1, 0.15) is 0 Å². The van der Waals surface area contributed by atoms with Crippen LogP contribution in [0.3, 0.4) is 0 Å². The lowest BCUT2D eigenvalue weighted by atomic mass is 10.00. The summed E-state index contributed by atoms with van der Waals surface area (Å²) in [7, 11) is 0. The molecule has 0 atom stereocenters. The molecule has 3 rings (SSSR count). The van der Waals surface area contributed by atoms with E-state index in [0.29, 0.717) is 17.1 Å². The van der Waals surface area contributed by atoms with Crippen LogP contribution in [0.5, 0.6) is 0 Å². The van der Waals surface area contributed by atoms with Crippen LogP contribution in [-0.4, -0.2) is 32.8 Å². The number of hydrogen-bond donors (Lipinski definition) is 0. The van der Waals surface area contributed by atoms with Crippen molar-refractivity contribution in [2.45, 2.75) is 39.8 Å². The van der Waals surface area contributed by atoms with Crippen LogP contribution in [0.15, 0.2) is 9.80 Å². The third-order valence-electron chi connectivity index (χ3n) is 3.86. The van der Waals surface area contributed by atoms with Gasteiger partial charge in [-0.05, 0) is 37.9 Å². The van der Waals surface area contributed by atoms with Gasteiger partial charge in [-0.1, -0.05) is 6.92 Å². The van der Waals surface area contributed by atoms with Crippen molar-refractivity contribution in [2.75, 3.05) is 13.1 Å². The summed E-state index contributed by atoms with van der Waals surface area (Å²) in [4.78, 5) is 7.27. The van der Waals surface area contributed by atoms with E-state index < -0.39 is 0 Å². The molecule has 0 bridgehead atoms. The molecule has 0 unspecified atom stereocenters. The summed E-state index contributed by atoms with van der Waals surface area (Å²) in [6.07, 6.45) is 3.10. The number of piperidine rings is 1. The first-order chi connectivity index (χ1) is 10.1. The van der Waals surface area contributed by atoms with Crippen molar-refractivity contribution in [1.29, 1.82) is 0 Å². The Balaban J connectivity index is 1.65. The average Bonchev–Trinajstić information content (AvgIpc) is 2.99. The molecule has 0 aliphatic carbocycles. The van der Waals surface area contributed by atoms with E-state index in [1.165, 1.54) is 12.8 Å². The Morgan fingerprint density at radius 1 is 1.43 bits per heavy atom. The van der Waals surface area contributed by atoms with Crippen molar-refractivity contribution < 1.29 is 4.42 Å². The normalized spacial score (nSPS) is 17.4. The monoisotopic (exact) mass is 324 g/mol. The fourth-order valence-electron chi connectivity index (χ4n) is 2.55. The molecule has 0 radical (unpaired) electrons. The predicted octanol–water partition coefficient (Wildman–Crippen LogP) is 3.25. The van der Waals surface area contributed by atoms with Gasteiger partial charge in [-0.25, -0.2) is 9.67 Å². The Hall–Kier alpha value is -1.05. The minimum atomic E-state index is 0.454. The van der Waals surface area contributed by atoms with E-state index in [1.807, 2.05) is 12.3 Å². The molecule has 7 heteroatoms. The van der Waals surface area contributed by atoms with Crippen LogP contribution in [0.4, 0.5) is 0 Å². The summed E-state index contributed by atoms with van der Waals surface area (Å²) >= 11 is 6.92. The fourth-order valence-corrected chi connectivity index (χ4v) is 3.35. The lowest BCUT2D eigenvalue weighted by molar-refractivity contribution is 0.144. The first-order valence-corrected chi connectivity index (χ1v) is 8.59. The molecule has 1 fully saturated rings. The van der Waals surface area contributed by atoms with Crippen LogP contribution in [0.25, 0.3) is 0 Å². The molecular weight excluding hydrogens is 304 g/mol. The topological polar surface area (TPSA) is 47.1 Å². The molecule has 2 aromatic rings. The quantitative estimate of drug-likeness (QED) is 0.808. The lowest BCUT2D eigenvalue weighted by Gasteiger charge is -2.29. The molecule has 5 nitrogen and oxygen atoms in total. The summed E-state index contributed by atoms with van der Waals surface area (Å²) in [6.45, 7) is 7.25. The van der Waals surface area contributed by atoms with E-state index in [4.69, 9.17) is 16.6 Å². The van der Waals surface area contributed by atoms with E-state index in [0.717, 1.165) is 36.4 Å². The number of rotatable bonds is 4. The summed E-state index contributed by atoms with van der Waals surface area (Å²) in [5.41, 5.74) is 0.993. The molecule has 114 valence electrons. The minimum absolute atomic E-state index is 0.454. The van der Waals surface area contributed by atoms with Crippen molar-refractivity contribution in [3.8, 4) is 0 Å². The zero-order valence-corrected chi connectivity index (χ0v) is 14.0. The molecule has 2 aromatic heterocycles. The molecular formula is C14H20N4OS2. The molecule has 0 amide bonds. The first kappa shape index (κ1) is 14.9. The molecule has 1 aliphatic heterocycles. The fraction of sp³-hybridized carbons (Fsp3) is 0.643. The predicted molar refractivity (Wildman–Crippen MR) is 85.0 cm³/mol. The number of aromatic nitrogens is 3. The highest BCUT2D eigenvalue weighted by Gasteiger charge is 2.17. The molecule has 0 N–H and O–H groups in total. The number of thiazole rings is 1. The van der Waals surface area contributed by atoms with Crippen molar-refractivity contribution in [2.24, 2.45) is 5.92 Å². The SMILES string of the molecule is Cc1nc(Cc2nn(CN3CCC(C)CC3)c(=S)o2)cs1. The number of hydrogen-bond acceptors (Lipinski definition) is 6. The average molecular weight is 324 g/mol. The maximum atomic E-state index is 5.60. The van der Waals surface area contributed by atoms with Gasteiger partial charge in [0.15, 0.2) is 0 Å². The standard InChI is InChI=1S/C14H20N4OS2/c1-10-3-5-17(6-4-10)9-18-14(20)19-13(16-18)7-12-8-21-11(2)15-12/h8,10H,3-7,9H2,1-2H3. The third kappa shape index (κ3) is 3.78. The second-order valence-corrected chi connectivity index (χ2v) is 7.15. The number of aryl methyl sites for hydroxylation is 1. The van der Waals surface area contributed by atoms with E-state index in [2.05, 4.69) is 21.9 Å². The van der Waals surface area contributed by atoms with Crippen molar-refractivity contribution in [3.63, 3.8) is 0 Å². The van der Waals surface area contributed by atoms with Crippen LogP contribution in [-0.2, 0) is 13.1 Å². The van der Waals surface area contributed by atoms with Crippen molar-refractivity contribution in [3.05, 3.63) is 26.8 Å². The number of nitrogens with zero attached hydrogens (tertiary/aromatic N) is 4. The van der Waals surface area contributed by atoms with Gasteiger partial charge >= 0.3 is 0 Å². The van der Waals surface area contributed by atoms with Crippen molar-refractivity contribution in [1.82, 2.24) is 19.7 Å². The summed E-state index contributed by atoms with van der Waals surface area (Å²) in [6, 6.07) is 0. The maximum Gasteiger partial charge on any atom is 0.288 e. The summed E-state index contributed by atoms with van der Waals surface area (Å²) < 4.78 is 7.39. The van der Waals surface area contributed by atoms with Gasteiger partial charge in [-0.3, -0.25) is 4.90 Å². The highest BCUT2D eigenvalue weighted by molar-refractivity contribution is 7.71. The Morgan fingerprint density at radius 3 is 2.86 bits per heavy atom. The highest BCUT2D eigenvalue weighted by Crippen LogP contribution is 2.17. The Bertz CT molecular complexity index is 652. The molecule has 0 spiro atoms. The van der Waals surface area contributed by atoms with Gasteiger partial charge in [0.2, 0.25) is 5.89 Å². The van der Waals surface area contributed by atoms with E-state index in [-0.39, 0.29) is 0 Å². The highest BCUT2D eigenvalue weighted by atomic mass is 32.1. The molecule has 0 saturated carbocycles. The summed E-state index contributed by atoms with van der Waals surface area (Å²) in [5.74, 6) is 1.48. The van der Waals surface area contributed by atoms with Gasteiger partial charge in [0, 0.05) is 18.5 Å². The lowest BCUT2D eigenvalue weighted by Crippen LogP contribution is -2.34. The van der Waals surface area contributed by atoms with Crippen LogP contribution < -0.4 is 0 Å². The van der Waals surface area contributed by atoms with Gasteiger partial charge in [0.25, 0.3) is 4.84 Å². The third-order valence-corrected chi connectivity index (χ3v) is 4.97. The Labute approximate surface area is 133 Å². The van der Waals surface area contributed by atoms with Crippen LogP contribution >= 0.6 is 23.6 Å². The zero-order valence-electron chi connectivity index (χ0n) is 12.4. The van der Waals surface area contributed by atoms with Gasteiger partial charge in [0.05, 0.1) is 23.8 Å². The molecule has 3 heterocycles. The second kappa shape index (κ2) is 6.37. The van der Waals surface area contributed by atoms with Crippen LogP contribution in [0.2, 0.25) is 0 Å². The Kier molecular flexibility index (Phi) is 4.51. The zero-order chi connectivity index (χ0) is 14.8. The van der Waals surface area contributed by atoms with E-state index in [1.54, 1.807) is 16.0 Å². The Morgan fingerprint density at radius 2 is 2.19 bits per heavy atom. The number of likely N-dealkylation sites (tertiary alicyclic amines) is 1. The van der Waals surface area contributed by atoms with Gasteiger partial charge < -0.3 is 4.42 Å². The first-order valence-electron chi connectivity index (χ1n) is 7.30. The molecule has 1 aliphatic rings. The van der Waals surface area contributed by atoms with Crippen LogP contribution in [0.1, 0.15) is 36.4 Å². The van der Waals surface area contributed by atoms with E-state index in [9.17, 15) is 0 Å². The largest absolute Gasteiger partial charge is 0.414 e. The summed E-state index contributed by atoms with van der Waals surface area (Å²) in [5, 5.41) is 7.60. The van der Waals surface area contributed by atoms with E-state index >= 15 is 0 Å².